The fourth-order valence-electron chi connectivity index (χ4n) is 1.82. The Kier molecular flexibility index (Phi) is 2.22. The lowest BCUT2D eigenvalue weighted by Gasteiger charge is -2.15. The first-order valence-corrected chi connectivity index (χ1v) is 5.35. The second kappa shape index (κ2) is 3.72. The Morgan fingerprint density at radius 3 is 2.81 bits per heavy atom. The van der Waals surface area contributed by atoms with Crippen LogP contribution in [0.1, 0.15) is 11.3 Å². The van der Waals surface area contributed by atoms with E-state index in [0.717, 1.165) is 24.6 Å². The molecule has 0 aliphatic carbocycles. The molecule has 2 aromatic heterocycles. The maximum Gasteiger partial charge on any atom is 0.129 e. The van der Waals surface area contributed by atoms with E-state index in [1.807, 2.05) is 18.3 Å². The number of aromatic nitrogens is 3. The van der Waals surface area contributed by atoms with Gasteiger partial charge in [0, 0.05) is 24.5 Å². The molecule has 2 aromatic rings. The maximum atomic E-state index is 5.80. The Morgan fingerprint density at radius 2 is 2.06 bits per heavy atom. The van der Waals surface area contributed by atoms with Crippen LogP contribution in [0.15, 0.2) is 30.9 Å². The number of hydrogen-bond donors (Lipinski definition) is 0. The molecule has 16 heavy (non-hydrogen) atoms. The van der Waals surface area contributed by atoms with E-state index in [0.29, 0.717) is 5.02 Å². The Bertz CT molecular complexity index is 487. The molecule has 0 fully saturated rings. The van der Waals surface area contributed by atoms with E-state index in [4.69, 9.17) is 11.6 Å². The highest BCUT2D eigenvalue weighted by atomic mass is 35.5. The van der Waals surface area contributed by atoms with Gasteiger partial charge in [0.1, 0.15) is 12.1 Å². The fraction of sp³-hybridized carbons (Fsp3) is 0.182. The van der Waals surface area contributed by atoms with Crippen molar-refractivity contribution in [2.24, 2.45) is 0 Å². The van der Waals surface area contributed by atoms with Crippen LogP contribution in [0.3, 0.4) is 0 Å². The predicted molar refractivity (Wildman–Crippen MR) is 61.2 cm³/mol. The number of pyridine rings is 1. The molecule has 0 aromatic carbocycles. The van der Waals surface area contributed by atoms with Crippen LogP contribution in [0.4, 0.5) is 5.82 Å². The molecular weight excluding hydrogens is 224 g/mol. The molecule has 3 heterocycles. The number of rotatable bonds is 1. The third-order valence-corrected chi connectivity index (χ3v) is 2.84. The van der Waals surface area contributed by atoms with Crippen molar-refractivity contribution in [3.05, 3.63) is 47.1 Å². The van der Waals surface area contributed by atoms with E-state index < -0.39 is 0 Å². The van der Waals surface area contributed by atoms with Gasteiger partial charge in [0.2, 0.25) is 0 Å². The molecule has 0 bridgehead atoms. The van der Waals surface area contributed by atoms with Crippen LogP contribution in [0, 0.1) is 0 Å². The SMILES string of the molecule is Clc1ccc(N2Cc3cncnc3C2)nc1. The molecule has 0 saturated carbocycles. The summed E-state index contributed by atoms with van der Waals surface area (Å²) in [6.45, 7) is 1.59. The van der Waals surface area contributed by atoms with Gasteiger partial charge in [0.15, 0.2) is 0 Å². The molecule has 0 radical (unpaired) electrons. The van der Waals surface area contributed by atoms with Crippen LogP contribution >= 0.6 is 11.6 Å². The quantitative estimate of drug-likeness (QED) is 0.755. The van der Waals surface area contributed by atoms with Crippen molar-refractivity contribution in [3.8, 4) is 0 Å². The fourth-order valence-corrected chi connectivity index (χ4v) is 1.93. The second-order valence-electron chi connectivity index (χ2n) is 3.69. The second-order valence-corrected chi connectivity index (χ2v) is 4.12. The van der Waals surface area contributed by atoms with Crippen LogP contribution < -0.4 is 4.90 Å². The van der Waals surface area contributed by atoms with Gasteiger partial charge in [-0.25, -0.2) is 15.0 Å². The van der Waals surface area contributed by atoms with E-state index in [1.54, 1.807) is 12.5 Å². The molecule has 0 spiro atoms. The lowest BCUT2D eigenvalue weighted by molar-refractivity contribution is 0.848. The zero-order valence-corrected chi connectivity index (χ0v) is 9.22. The number of hydrogen-bond acceptors (Lipinski definition) is 4. The summed E-state index contributed by atoms with van der Waals surface area (Å²) < 4.78 is 0. The molecule has 4 nitrogen and oxygen atoms in total. The Balaban J connectivity index is 1.88. The van der Waals surface area contributed by atoms with E-state index in [-0.39, 0.29) is 0 Å². The van der Waals surface area contributed by atoms with E-state index in [2.05, 4.69) is 19.9 Å². The van der Waals surface area contributed by atoms with E-state index in [9.17, 15) is 0 Å². The smallest absolute Gasteiger partial charge is 0.129 e. The molecule has 1 aliphatic heterocycles. The van der Waals surface area contributed by atoms with Crippen LogP contribution in [-0.4, -0.2) is 15.0 Å². The van der Waals surface area contributed by atoms with Gasteiger partial charge in [-0.05, 0) is 12.1 Å². The van der Waals surface area contributed by atoms with Crippen molar-refractivity contribution in [1.29, 1.82) is 0 Å². The van der Waals surface area contributed by atoms with Gasteiger partial charge in [0.05, 0.1) is 17.3 Å². The average molecular weight is 233 g/mol. The lowest BCUT2D eigenvalue weighted by Crippen LogP contribution is -2.15. The number of fused-ring (bicyclic) bond motifs is 1. The number of nitrogens with zero attached hydrogens (tertiary/aromatic N) is 4. The monoisotopic (exact) mass is 232 g/mol. The Hall–Kier alpha value is -1.68. The zero-order chi connectivity index (χ0) is 11.0. The molecular formula is C11H9ClN4. The first-order valence-electron chi connectivity index (χ1n) is 4.97. The summed E-state index contributed by atoms with van der Waals surface area (Å²) in [4.78, 5) is 14.7. The first kappa shape index (κ1) is 9.54. The summed E-state index contributed by atoms with van der Waals surface area (Å²) in [5, 5.41) is 0.653. The largest absolute Gasteiger partial charge is 0.346 e. The van der Waals surface area contributed by atoms with E-state index in [1.165, 1.54) is 5.56 Å². The molecule has 0 unspecified atom stereocenters. The van der Waals surface area contributed by atoms with Gasteiger partial charge in [-0.2, -0.15) is 0 Å². The summed E-state index contributed by atoms with van der Waals surface area (Å²) in [6.07, 6.45) is 5.10. The summed E-state index contributed by atoms with van der Waals surface area (Å²) in [6, 6.07) is 3.76. The molecule has 0 N–H and O–H groups in total. The summed E-state index contributed by atoms with van der Waals surface area (Å²) in [5.74, 6) is 0.919. The van der Waals surface area contributed by atoms with Crippen molar-refractivity contribution < 1.29 is 0 Å². The Morgan fingerprint density at radius 1 is 1.12 bits per heavy atom. The third kappa shape index (κ3) is 1.61. The van der Waals surface area contributed by atoms with Crippen molar-refractivity contribution in [2.75, 3.05) is 4.90 Å². The first-order chi connectivity index (χ1) is 7.83. The van der Waals surface area contributed by atoms with Crippen LogP contribution in [0.2, 0.25) is 5.02 Å². The average Bonchev–Trinajstić information content (AvgIpc) is 2.73. The molecule has 80 valence electrons. The summed E-state index contributed by atoms with van der Waals surface area (Å²) >= 11 is 5.80. The number of halogens is 1. The van der Waals surface area contributed by atoms with Gasteiger partial charge in [0.25, 0.3) is 0 Å². The highest BCUT2D eigenvalue weighted by Crippen LogP contribution is 2.25. The molecule has 0 atom stereocenters. The van der Waals surface area contributed by atoms with Gasteiger partial charge in [-0.1, -0.05) is 11.6 Å². The predicted octanol–water partition coefficient (Wildman–Crippen LogP) is 2.05. The third-order valence-electron chi connectivity index (χ3n) is 2.62. The van der Waals surface area contributed by atoms with Crippen LogP contribution in [-0.2, 0) is 13.1 Å². The van der Waals surface area contributed by atoms with Crippen LogP contribution in [0.25, 0.3) is 0 Å². The van der Waals surface area contributed by atoms with Gasteiger partial charge < -0.3 is 4.90 Å². The van der Waals surface area contributed by atoms with Gasteiger partial charge in [-0.3, -0.25) is 0 Å². The standard InChI is InChI=1S/C11H9ClN4/c12-9-1-2-11(14-4-9)16-5-8-3-13-7-15-10(8)6-16/h1-4,7H,5-6H2. The normalized spacial score (nSPS) is 13.9. The van der Waals surface area contributed by atoms with Crippen molar-refractivity contribution in [2.45, 2.75) is 13.1 Å². The Labute approximate surface area is 97.9 Å². The van der Waals surface area contributed by atoms with Crippen molar-refractivity contribution in [1.82, 2.24) is 15.0 Å². The lowest BCUT2D eigenvalue weighted by atomic mass is 10.3. The highest BCUT2D eigenvalue weighted by Gasteiger charge is 2.20. The van der Waals surface area contributed by atoms with Gasteiger partial charge >= 0.3 is 0 Å². The van der Waals surface area contributed by atoms with E-state index >= 15 is 0 Å². The molecule has 0 saturated heterocycles. The molecule has 0 amide bonds. The summed E-state index contributed by atoms with van der Waals surface area (Å²) in [5.41, 5.74) is 2.24. The maximum absolute atomic E-state index is 5.80. The topological polar surface area (TPSA) is 41.9 Å². The minimum atomic E-state index is 0.653. The molecule has 3 rings (SSSR count). The number of anilines is 1. The minimum Gasteiger partial charge on any atom is -0.346 e. The molecule has 1 aliphatic rings. The van der Waals surface area contributed by atoms with Gasteiger partial charge in [-0.15, -0.1) is 0 Å². The van der Waals surface area contributed by atoms with Crippen molar-refractivity contribution in [3.63, 3.8) is 0 Å². The van der Waals surface area contributed by atoms with Crippen molar-refractivity contribution >= 4 is 17.4 Å². The minimum absolute atomic E-state index is 0.653. The molecule has 5 heteroatoms. The highest BCUT2D eigenvalue weighted by molar-refractivity contribution is 6.30. The van der Waals surface area contributed by atoms with Crippen LogP contribution in [0.5, 0.6) is 0 Å². The zero-order valence-electron chi connectivity index (χ0n) is 8.47. The summed E-state index contributed by atoms with van der Waals surface area (Å²) in [7, 11) is 0.